The topological polar surface area (TPSA) is 70.0 Å². The fourth-order valence-corrected chi connectivity index (χ4v) is 3.79. The summed E-state index contributed by atoms with van der Waals surface area (Å²) < 4.78 is 34.0. The average molecular weight is 460 g/mol. The van der Waals surface area contributed by atoms with Crippen LogP contribution in [-0.4, -0.2) is 47.4 Å². The Hall–Kier alpha value is -1.93. The fourth-order valence-electron chi connectivity index (χ4n) is 3.38. The van der Waals surface area contributed by atoms with Gasteiger partial charge in [0.05, 0.1) is 5.02 Å². The summed E-state index contributed by atoms with van der Waals surface area (Å²) in [6.45, 7) is 1.34. The van der Waals surface area contributed by atoms with E-state index in [0.717, 1.165) is 12.1 Å². The first kappa shape index (κ1) is 22.7. The zero-order valence-corrected chi connectivity index (χ0v) is 17.7. The van der Waals surface area contributed by atoms with Gasteiger partial charge in [0.15, 0.2) is 17.4 Å². The summed E-state index contributed by atoms with van der Waals surface area (Å²) in [6.07, 6.45) is -1.05. The molecule has 2 aromatic rings. The van der Waals surface area contributed by atoms with Crippen LogP contribution in [0.25, 0.3) is 0 Å². The third-order valence-electron chi connectivity index (χ3n) is 5.17. The summed E-state index contributed by atoms with van der Waals surface area (Å²) in [5, 5.41) is 21.5. The highest BCUT2D eigenvalue weighted by Gasteiger charge is 2.42. The van der Waals surface area contributed by atoms with E-state index < -0.39 is 23.3 Å². The van der Waals surface area contributed by atoms with Crippen molar-refractivity contribution in [2.45, 2.75) is 31.5 Å². The molecule has 162 valence electrons. The summed E-state index contributed by atoms with van der Waals surface area (Å²) >= 11 is 11.7. The number of piperidine rings is 1. The first-order valence-electron chi connectivity index (χ1n) is 9.40. The number of Topliss-reactive ketones (excluding diaryl/α,β-unsaturated/α-hetero) is 1. The molecule has 2 N–H and O–H groups in total. The molecule has 1 aliphatic rings. The van der Waals surface area contributed by atoms with Gasteiger partial charge in [0.2, 0.25) is 0 Å². The Morgan fingerprint density at radius 2 is 1.93 bits per heavy atom. The van der Waals surface area contributed by atoms with Gasteiger partial charge in [0.1, 0.15) is 29.7 Å². The van der Waals surface area contributed by atoms with Crippen LogP contribution in [-0.2, 0) is 0 Å². The molecule has 1 saturated heterocycles. The fraction of sp³-hybridized carbons (Fsp3) is 0.381. The van der Waals surface area contributed by atoms with Crippen LogP contribution in [0.4, 0.5) is 14.5 Å². The lowest BCUT2D eigenvalue weighted by Crippen LogP contribution is -2.58. The highest BCUT2D eigenvalue weighted by Crippen LogP contribution is 2.33. The summed E-state index contributed by atoms with van der Waals surface area (Å²) in [5.74, 6) is -1.52. The van der Waals surface area contributed by atoms with Crippen LogP contribution in [0.3, 0.4) is 0 Å². The molecule has 0 amide bonds. The van der Waals surface area contributed by atoms with E-state index in [1.165, 1.54) is 17.0 Å². The van der Waals surface area contributed by atoms with Crippen molar-refractivity contribution in [1.29, 1.82) is 0 Å². The predicted octanol–water partition coefficient (Wildman–Crippen LogP) is 4.25. The van der Waals surface area contributed by atoms with Gasteiger partial charge < -0.3 is 19.8 Å². The van der Waals surface area contributed by atoms with E-state index in [1.54, 1.807) is 13.0 Å². The number of ketones is 1. The van der Waals surface area contributed by atoms with Gasteiger partial charge in [-0.15, -0.1) is 0 Å². The summed E-state index contributed by atoms with van der Waals surface area (Å²) in [4.78, 5) is 13.3. The van der Waals surface area contributed by atoms with Crippen molar-refractivity contribution in [2.75, 3.05) is 24.6 Å². The Kier molecular flexibility index (Phi) is 6.87. The molecule has 0 radical (unpaired) electrons. The van der Waals surface area contributed by atoms with Crippen LogP contribution in [0.1, 0.15) is 30.1 Å². The number of carbonyl (C=O) groups excluding carboxylic acids is 1. The third-order valence-corrected chi connectivity index (χ3v) is 5.72. The number of aliphatic hydroxyl groups excluding tert-OH is 1. The van der Waals surface area contributed by atoms with Gasteiger partial charge in [0.25, 0.3) is 0 Å². The molecule has 3 rings (SSSR count). The number of hydrogen-bond acceptors (Lipinski definition) is 5. The zero-order chi connectivity index (χ0) is 22.1. The van der Waals surface area contributed by atoms with Crippen LogP contribution in [0.2, 0.25) is 10.0 Å². The molecule has 1 aliphatic heterocycles. The molecule has 0 aromatic heterocycles. The second kappa shape index (κ2) is 9.06. The van der Waals surface area contributed by atoms with Crippen LogP contribution in [0.5, 0.6) is 5.75 Å². The van der Waals surface area contributed by atoms with Crippen LogP contribution in [0.15, 0.2) is 30.3 Å². The lowest BCUT2D eigenvalue weighted by atomic mass is 9.89. The van der Waals surface area contributed by atoms with E-state index in [9.17, 15) is 23.8 Å². The normalized spacial score (nSPS) is 21.6. The molecular weight excluding hydrogens is 439 g/mol. The summed E-state index contributed by atoms with van der Waals surface area (Å²) in [5.41, 5.74) is -1.63. The van der Waals surface area contributed by atoms with Crippen LogP contribution in [0, 0.1) is 11.6 Å². The molecule has 0 saturated carbocycles. The third kappa shape index (κ3) is 4.70. The number of β-amino-alcohol motifs (C(OH)–C–C–N with tert-alkyl or cyclic N) is 1. The number of ether oxygens (including phenoxy) is 1. The van der Waals surface area contributed by atoms with Crippen molar-refractivity contribution in [3.63, 3.8) is 0 Å². The van der Waals surface area contributed by atoms with Crippen molar-refractivity contribution >= 4 is 34.7 Å². The van der Waals surface area contributed by atoms with Gasteiger partial charge in [-0.2, -0.15) is 0 Å². The van der Waals surface area contributed by atoms with E-state index in [1.807, 2.05) is 0 Å². The monoisotopic (exact) mass is 459 g/mol. The van der Waals surface area contributed by atoms with E-state index in [0.29, 0.717) is 16.3 Å². The molecule has 1 heterocycles. The standard InChI is InChI=1S/C21H21Cl2F2NO4/c1-2-18(27)14-9-13(3-4-15(14)23)30-11-21(29)5-6-26(10-19(21)28)20-16(24)7-12(22)8-17(20)25/h3-4,7-9,19,28-29H,2,5-6,10-11H2,1H3/t19-,21-/m1/s1. The van der Waals surface area contributed by atoms with Gasteiger partial charge in [-0.25, -0.2) is 8.78 Å². The Balaban J connectivity index is 1.70. The second-order valence-corrected chi connectivity index (χ2v) is 8.08. The smallest absolute Gasteiger partial charge is 0.164 e. The van der Waals surface area contributed by atoms with Crippen LogP contribution < -0.4 is 9.64 Å². The molecule has 2 atom stereocenters. The quantitative estimate of drug-likeness (QED) is 0.632. The highest BCUT2D eigenvalue weighted by atomic mass is 35.5. The van der Waals surface area contributed by atoms with Gasteiger partial charge >= 0.3 is 0 Å². The van der Waals surface area contributed by atoms with Crippen molar-refractivity contribution in [3.8, 4) is 5.75 Å². The Morgan fingerprint density at radius 3 is 2.53 bits per heavy atom. The highest BCUT2D eigenvalue weighted by molar-refractivity contribution is 6.34. The number of nitrogens with zero attached hydrogens (tertiary/aromatic N) is 1. The maximum Gasteiger partial charge on any atom is 0.164 e. The van der Waals surface area contributed by atoms with Crippen molar-refractivity contribution in [2.24, 2.45) is 0 Å². The molecule has 0 aliphatic carbocycles. The Bertz CT molecular complexity index is 936. The minimum absolute atomic E-state index is 0.00398. The van der Waals surface area contributed by atoms with E-state index in [2.05, 4.69) is 0 Å². The molecule has 9 heteroatoms. The molecule has 0 unspecified atom stereocenters. The number of carbonyl (C=O) groups is 1. The number of rotatable bonds is 6. The van der Waals surface area contributed by atoms with Crippen LogP contribution >= 0.6 is 23.2 Å². The van der Waals surface area contributed by atoms with Gasteiger partial charge in [-0.05, 0) is 36.8 Å². The van der Waals surface area contributed by atoms with Crippen molar-refractivity contribution < 1.29 is 28.5 Å². The number of halogens is 4. The van der Waals surface area contributed by atoms with E-state index in [4.69, 9.17) is 27.9 Å². The van der Waals surface area contributed by atoms with Gasteiger partial charge in [-0.1, -0.05) is 30.1 Å². The second-order valence-electron chi connectivity index (χ2n) is 7.24. The number of benzene rings is 2. The van der Waals surface area contributed by atoms with E-state index in [-0.39, 0.29) is 49.0 Å². The molecular formula is C21H21Cl2F2NO4. The predicted molar refractivity (Wildman–Crippen MR) is 111 cm³/mol. The number of hydrogen-bond donors (Lipinski definition) is 2. The lowest BCUT2D eigenvalue weighted by Gasteiger charge is -2.42. The van der Waals surface area contributed by atoms with Crippen molar-refractivity contribution in [3.05, 3.63) is 57.6 Å². The average Bonchev–Trinajstić information content (AvgIpc) is 2.69. The summed E-state index contributed by atoms with van der Waals surface area (Å²) in [7, 11) is 0. The maximum absolute atomic E-state index is 14.2. The Labute approximate surface area is 182 Å². The first-order chi connectivity index (χ1) is 14.1. The summed E-state index contributed by atoms with van der Waals surface area (Å²) in [6, 6.07) is 6.54. The number of anilines is 1. The molecule has 0 bridgehead atoms. The first-order valence-corrected chi connectivity index (χ1v) is 10.2. The lowest BCUT2D eigenvalue weighted by molar-refractivity contribution is -0.108. The maximum atomic E-state index is 14.2. The molecule has 30 heavy (non-hydrogen) atoms. The van der Waals surface area contributed by atoms with Gasteiger partial charge in [-0.3, -0.25) is 4.79 Å². The number of aliphatic hydroxyl groups is 2. The minimum atomic E-state index is -1.63. The molecule has 0 spiro atoms. The van der Waals surface area contributed by atoms with Gasteiger partial charge in [0, 0.05) is 30.1 Å². The largest absolute Gasteiger partial charge is 0.490 e. The Morgan fingerprint density at radius 1 is 1.27 bits per heavy atom. The minimum Gasteiger partial charge on any atom is -0.490 e. The van der Waals surface area contributed by atoms with E-state index >= 15 is 0 Å². The molecule has 1 fully saturated rings. The van der Waals surface area contributed by atoms with Crippen molar-refractivity contribution in [1.82, 2.24) is 0 Å². The molecule has 2 aromatic carbocycles. The SMILES string of the molecule is CCC(=O)c1cc(OC[C@]2(O)CCN(c3c(F)cc(Cl)cc3F)C[C@H]2O)ccc1Cl. The molecule has 5 nitrogen and oxygen atoms in total. The zero-order valence-electron chi connectivity index (χ0n) is 16.2.